The van der Waals surface area contributed by atoms with Gasteiger partial charge in [-0.1, -0.05) is 18.2 Å². The Bertz CT molecular complexity index is 1310. The topological polar surface area (TPSA) is 101 Å². The van der Waals surface area contributed by atoms with Gasteiger partial charge in [-0.2, -0.15) is 4.98 Å². The van der Waals surface area contributed by atoms with Crippen molar-refractivity contribution in [1.29, 1.82) is 0 Å². The van der Waals surface area contributed by atoms with Crippen molar-refractivity contribution in [3.63, 3.8) is 0 Å². The van der Waals surface area contributed by atoms with Gasteiger partial charge in [0.15, 0.2) is 0 Å². The van der Waals surface area contributed by atoms with Crippen LogP contribution in [-0.2, 0) is 20.2 Å². The summed E-state index contributed by atoms with van der Waals surface area (Å²) in [7, 11) is 2.75. The molecule has 4 rings (SSSR count). The Hall–Kier alpha value is -2.91. The molecule has 0 unspecified atom stereocenters. The van der Waals surface area contributed by atoms with E-state index in [0.29, 0.717) is 50.9 Å². The Labute approximate surface area is 244 Å². The first kappa shape index (κ1) is 31.0. The summed E-state index contributed by atoms with van der Waals surface area (Å²) in [5, 5.41) is 7.89. The summed E-state index contributed by atoms with van der Waals surface area (Å²) in [6.45, 7) is 7.49. The summed E-state index contributed by atoms with van der Waals surface area (Å²) in [4.78, 5) is 14.5. The minimum Gasteiger partial charge on any atom is -0.496 e. The first-order valence-corrected chi connectivity index (χ1v) is 16.3. The summed E-state index contributed by atoms with van der Waals surface area (Å²) in [5.74, 6) is 2.31. The zero-order chi connectivity index (χ0) is 29.2. The highest BCUT2D eigenvalue weighted by atomic mass is 31.2. The fourth-order valence-corrected chi connectivity index (χ4v) is 7.04. The molecule has 0 bridgehead atoms. The fraction of sp³-hybridized carbons (Fsp3) is 0.533. The van der Waals surface area contributed by atoms with Gasteiger partial charge in [0, 0.05) is 43.3 Å². The summed E-state index contributed by atoms with van der Waals surface area (Å²) >= 11 is 0. The van der Waals surface area contributed by atoms with Crippen LogP contribution < -0.4 is 25.2 Å². The van der Waals surface area contributed by atoms with Crippen LogP contribution in [0.4, 0.5) is 17.5 Å². The van der Waals surface area contributed by atoms with Gasteiger partial charge in [0.2, 0.25) is 5.95 Å². The summed E-state index contributed by atoms with van der Waals surface area (Å²) in [6, 6.07) is 14.6. The van der Waals surface area contributed by atoms with Gasteiger partial charge < -0.3 is 34.2 Å². The summed E-state index contributed by atoms with van der Waals surface area (Å²) < 4.78 is 29.6. The lowest BCUT2D eigenvalue weighted by Crippen LogP contribution is -2.43. The largest absolute Gasteiger partial charge is 0.496 e. The van der Waals surface area contributed by atoms with Crippen molar-refractivity contribution in [3.8, 4) is 5.75 Å². The zero-order valence-corrected chi connectivity index (χ0v) is 26.0. The Balaban J connectivity index is 1.68. The number of fused-ring (bicyclic) bond motifs is 1. The van der Waals surface area contributed by atoms with Crippen molar-refractivity contribution in [1.82, 2.24) is 15.3 Å². The second-order valence-electron chi connectivity index (χ2n) is 10.3. The maximum atomic E-state index is 12.9. The molecule has 224 valence electrons. The van der Waals surface area contributed by atoms with Crippen LogP contribution in [0.5, 0.6) is 5.75 Å². The minimum atomic E-state index is -3.09. The van der Waals surface area contributed by atoms with E-state index in [-0.39, 0.29) is 0 Å². The third-order valence-corrected chi connectivity index (χ3v) is 9.45. The van der Waals surface area contributed by atoms with E-state index in [4.69, 9.17) is 23.8 Å². The van der Waals surface area contributed by atoms with Crippen LogP contribution in [0.2, 0.25) is 0 Å². The SMILES string of the molecule is CCOP(=O)(CCCNc1nc(N(Cc2c(OC)cccc2N(C)C)C2CCNCC2)c2ccccc2n1)OCC. The van der Waals surface area contributed by atoms with Crippen molar-refractivity contribution in [2.45, 2.75) is 45.7 Å². The third kappa shape index (κ3) is 7.89. The van der Waals surface area contributed by atoms with Gasteiger partial charge in [-0.05, 0) is 70.5 Å². The molecule has 41 heavy (non-hydrogen) atoms. The molecule has 3 aromatic rings. The first-order chi connectivity index (χ1) is 19.9. The van der Waals surface area contributed by atoms with Gasteiger partial charge >= 0.3 is 7.60 Å². The van der Waals surface area contributed by atoms with Crippen LogP contribution in [0, 0.1) is 0 Å². The molecule has 1 saturated heterocycles. The van der Waals surface area contributed by atoms with E-state index in [0.717, 1.165) is 59.7 Å². The number of piperidine rings is 1. The number of anilines is 3. The summed E-state index contributed by atoms with van der Waals surface area (Å²) in [6.07, 6.45) is 2.97. The molecule has 2 heterocycles. The molecule has 1 fully saturated rings. The number of methoxy groups -OCH3 is 1. The van der Waals surface area contributed by atoms with Crippen LogP contribution in [0.25, 0.3) is 10.9 Å². The van der Waals surface area contributed by atoms with Crippen molar-refractivity contribution in [2.24, 2.45) is 0 Å². The van der Waals surface area contributed by atoms with E-state index in [1.807, 2.05) is 44.2 Å². The molecule has 1 aliphatic heterocycles. The minimum absolute atomic E-state index is 0.297. The van der Waals surface area contributed by atoms with Crippen LogP contribution in [0.3, 0.4) is 0 Å². The molecule has 2 aromatic carbocycles. The lowest BCUT2D eigenvalue weighted by atomic mass is 10.0. The smallest absolute Gasteiger partial charge is 0.330 e. The molecule has 0 amide bonds. The number of para-hydroxylation sites is 1. The highest BCUT2D eigenvalue weighted by Crippen LogP contribution is 2.48. The number of hydrogen-bond donors (Lipinski definition) is 2. The molecule has 0 atom stereocenters. The molecule has 10 nitrogen and oxygen atoms in total. The Morgan fingerprint density at radius 2 is 1.76 bits per heavy atom. The van der Waals surface area contributed by atoms with Gasteiger partial charge in [-0.25, -0.2) is 4.98 Å². The van der Waals surface area contributed by atoms with Gasteiger partial charge in [0.05, 0.1) is 38.5 Å². The highest BCUT2D eigenvalue weighted by Gasteiger charge is 2.27. The van der Waals surface area contributed by atoms with Crippen molar-refractivity contribution >= 4 is 36.0 Å². The average Bonchev–Trinajstić information content (AvgIpc) is 2.98. The van der Waals surface area contributed by atoms with Crippen LogP contribution >= 0.6 is 7.60 Å². The molecule has 11 heteroatoms. The van der Waals surface area contributed by atoms with E-state index in [9.17, 15) is 4.57 Å². The number of aromatic nitrogens is 2. The number of benzene rings is 2. The standard InChI is InChI=1S/C30H45N6O4P/c1-6-39-41(37,40-7-2)21-11-18-32-30-33-26-13-9-8-12-24(26)29(34-30)36(23-16-19-31-20-17-23)22-25-27(35(3)4)14-10-15-28(25)38-5/h8-10,12-15,23,31H,6-7,11,16-22H2,1-5H3,(H,32,33,34). The van der Waals surface area contributed by atoms with Crippen LogP contribution in [0.1, 0.15) is 38.7 Å². The second-order valence-corrected chi connectivity index (χ2v) is 12.5. The zero-order valence-electron chi connectivity index (χ0n) is 25.1. The van der Waals surface area contributed by atoms with E-state index >= 15 is 0 Å². The number of ether oxygens (including phenoxy) is 1. The molecule has 1 aliphatic rings. The molecule has 0 saturated carbocycles. The van der Waals surface area contributed by atoms with E-state index in [1.54, 1.807) is 7.11 Å². The third-order valence-electron chi connectivity index (χ3n) is 7.29. The van der Waals surface area contributed by atoms with Crippen LogP contribution in [0.15, 0.2) is 42.5 Å². The number of nitrogens with zero attached hydrogens (tertiary/aromatic N) is 4. The van der Waals surface area contributed by atoms with Crippen molar-refractivity contribution < 1.29 is 18.3 Å². The Morgan fingerprint density at radius 1 is 1.02 bits per heavy atom. The van der Waals surface area contributed by atoms with Crippen molar-refractivity contribution in [2.75, 3.05) is 75.3 Å². The van der Waals surface area contributed by atoms with Crippen LogP contribution in [-0.4, -0.2) is 76.2 Å². The second kappa shape index (κ2) is 14.8. The highest BCUT2D eigenvalue weighted by molar-refractivity contribution is 7.53. The van der Waals surface area contributed by atoms with Gasteiger partial charge in [-0.15, -0.1) is 0 Å². The van der Waals surface area contributed by atoms with E-state index in [1.165, 1.54) is 0 Å². The van der Waals surface area contributed by atoms with Gasteiger partial charge in [0.25, 0.3) is 0 Å². The van der Waals surface area contributed by atoms with Crippen molar-refractivity contribution in [3.05, 3.63) is 48.0 Å². The predicted molar refractivity (Wildman–Crippen MR) is 168 cm³/mol. The fourth-order valence-electron chi connectivity index (χ4n) is 5.38. The molecular weight excluding hydrogens is 539 g/mol. The normalized spacial score (nSPS) is 14.3. The number of hydrogen-bond acceptors (Lipinski definition) is 10. The monoisotopic (exact) mass is 584 g/mol. The van der Waals surface area contributed by atoms with Gasteiger partial charge in [-0.3, -0.25) is 4.57 Å². The maximum Gasteiger partial charge on any atom is 0.330 e. The lowest BCUT2D eigenvalue weighted by Gasteiger charge is -2.37. The van der Waals surface area contributed by atoms with E-state index in [2.05, 4.69) is 46.7 Å². The lowest BCUT2D eigenvalue weighted by molar-refractivity contribution is 0.220. The molecular formula is C30H45N6O4P. The molecule has 1 aromatic heterocycles. The molecule has 2 N–H and O–H groups in total. The quantitative estimate of drug-likeness (QED) is 0.175. The first-order valence-electron chi connectivity index (χ1n) is 14.6. The molecule has 0 radical (unpaired) electrons. The number of rotatable bonds is 15. The summed E-state index contributed by atoms with van der Waals surface area (Å²) in [5.41, 5.74) is 3.12. The van der Waals surface area contributed by atoms with E-state index < -0.39 is 7.60 Å². The number of nitrogens with one attached hydrogen (secondary N) is 2. The van der Waals surface area contributed by atoms with Gasteiger partial charge in [0.1, 0.15) is 11.6 Å². The predicted octanol–water partition coefficient (Wildman–Crippen LogP) is 5.53. The Kier molecular flexibility index (Phi) is 11.2. The molecule has 0 aliphatic carbocycles. The molecule has 0 spiro atoms. The average molecular weight is 585 g/mol. The Morgan fingerprint density at radius 3 is 2.44 bits per heavy atom. The maximum absolute atomic E-state index is 12.9.